The van der Waals surface area contributed by atoms with E-state index in [1.165, 1.54) is 0 Å². The van der Waals surface area contributed by atoms with Crippen LogP contribution in [0.15, 0.2) is 60.7 Å². The Kier molecular flexibility index (Phi) is 5.32. The zero-order chi connectivity index (χ0) is 14.4. The van der Waals surface area contributed by atoms with Crippen molar-refractivity contribution in [3.05, 3.63) is 71.8 Å². The Hall–Kier alpha value is -1.65. The number of benzene rings is 2. The first kappa shape index (κ1) is 14.8. The van der Waals surface area contributed by atoms with Gasteiger partial charge in [0, 0.05) is 0 Å². The molecule has 0 aromatic heterocycles. The number of hydrogen-bond acceptors (Lipinski definition) is 3. The molecular formula is C16H15BrO3. The molecule has 0 bridgehead atoms. The third-order valence-corrected chi connectivity index (χ3v) is 3.89. The number of aliphatic hydroxyl groups is 1. The molecule has 0 spiro atoms. The number of aliphatic hydroxyl groups excluding tert-OH is 1. The van der Waals surface area contributed by atoms with Gasteiger partial charge in [-0.1, -0.05) is 76.6 Å². The largest absolute Gasteiger partial charge is 0.459 e. The van der Waals surface area contributed by atoms with Gasteiger partial charge in [-0.15, -0.1) is 0 Å². The molecule has 0 aliphatic rings. The van der Waals surface area contributed by atoms with Crippen molar-refractivity contribution < 1.29 is 14.6 Å². The minimum absolute atomic E-state index is 0.158. The summed E-state index contributed by atoms with van der Waals surface area (Å²) in [4.78, 5) is 11.3. The second-order valence-electron chi connectivity index (χ2n) is 4.35. The standard InChI is InChI=1S/C16H15BrO3/c17-14(13-9-5-2-6-10-13)15(18)16(19)20-11-12-7-3-1-4-8-12/h1-10,14-15,18H,11H2. The molecule has 20 heavy (non-hydrogen) atoms. The molecule has 0 aliphatic heterocycles. The number of rotatable bonds is 5. The van der Waals surface area contributed by atoms with E-state index in [1.807, 2.05) is 60.7 Å². The van der Waals surface area contributed by atoms with E-state index >= 15 is 0 Å². The van der Waals surface area contributed by atoms with Crippen molar-refractivity contribution in [2.24, 2.45) is 0 Å². The summed E-state index contributed by atoms with van der Waals surface area (Å²) in [5, 5.41) is 10.00. The molecule has 0 aliphatic carbocycles. The SMILES string of the molecule is O=C(OCc1ccccc1)C(O)C(Br)c1ccccc1. The Morgan fingerprint density at radius 3 is 2.20 bits per heavy atom. The minimum Gasteiger partial charge on any atom is -0.459 e. The highest BCUT2D eigenvalue weighted by atomic mass is 79.9. The lowest BCUT2D eigenvalue weighted by atomic mass is 10.1. The zero-order valence-electron chi connectivity index (χ0n) is 10.8. The predicted molar refractivity (Wildman–Crippen MR) is 80.4 cm³/mol. The van der Waals surface area contributed by atoms with E-state index in [2.05, 4.69) is 15.9 Å². The van der Waals surface area contributed by atoms with Crippen LogP contribution in [0.25, 0.3) is 0 Å². The average Bonchev–Trinajstić information content (AvgIpc) is 2.53. The van der Waals surface area contributed by atoms with Crippen molar-refractivity contribution in [2.75, 3.05) is 0 Å². The van der Waals surface area contributed by atoms with Crippen LogP contribution < -0.4 is 0 Å². The summed E-state index contributed by atoms with van der Waals surface area (Å²) in [6.45, 7) is 0.158. The van der Waals surface area contributed by atoms with E-state index in [9.17, 15) is 9.90 Å². The lowest BCUT2D eigenvalue weighted by molar-refractivity contribution is -0.154. The van der Waals surface area contributed by atoms with Crippen molar-refractivity contribution in [1.82, 2.24) is 0 Å². The third-order valence-electron chi connectivity index (χ3n) is 2.86. The molecular weight excluding hydrogens is 320 g/mol. The second-order valence-corrected chi connectivity index (χ2v) is 5.34. The van der Waals surface area contributed by atoms with Crippen LogP contribution in [-0.2, 0) is 16.1 Å². The van der Waals surface area contributed by atoms with Gasteiger partial charge in [-0.3, -0.25) is 0 Å². The number of ether oxygens (including phenoxy) is 1. The van der Waals surface area contributed by atoms with Gasteiger partial charge in [0.2, 0.25) is 0 Å². The van der Waals surface area contributed by atoms with Gasteiger partial charge in [-0.2, -0.15) is 0 Å². The monoisotopic (exact) mass is 334 g/mol. The number of carbonyl (C=O) groups excluding carboxylic acids is 1. The van der Waals surface area contributed by atoms with E-state index in [-0.39, 0.29) is 6.61 Å². The topological polar surface area (TPSA) is 46.5 Å². The van der Waals surface area contributed by atoms with Crippen molar-refractivity contribution in [1.29, 1.82) is 0 Å². The fraction of sp³-hybridized carbons (Fsp3) is 0.188. The van der Waals surface area contributed by atoms with Crippen molar-refractivity contribution in [3.63, 3.8) is 0 Å². The molecule has 3 nitrogen and oxygen atoms in total. The number of carbonyl (C=O) groups is 1. The maximum Gasteiger partial charge on any atom is 0.336 e. The van der Waals surface area contributed by atoms with Crippen LogP contribution in [0.1, 0.15) is 16.0 Å². The minimum atomic E-state index is -1.24. The van der Waals surface area contributed by atoms with Gasteiger partial charge in [0.05, 0.1) is 4.83 Å². The van der Waals surface area contributed by atoms with Crippen LogP contribution >= 0.6 is 15.9 Å². The second kappa shape index (κ2) is 7.22. The van der Waals surface area contributed by atoms with Crippen LogP contribution in [0.2, 0.25) is 0 Å². The van der Waals surface area contributed by atoms with Crippen molar-refractivity contribution in [2.45, 2.75) is 17.5 Å². The fourth-order valence-corrected chi connectivity index (χ4v) is 2.27. The summed E-state index contributed by atoms with van der Waals surface area (Å²) >= 11 is 3.33. The van der Waals surface area contributed by atoms with Gasteiger partial charge in [0.1, 0.15) is 6.61 Å². The Bertz CT molecular complexity index is 542. The van der Waals surface area contributed by atoms with Crippen molar-refractivity contribution >= 4 is 21.9 Å². The van der Waals surface area contributed by atoms with Gasteiger partial charge < -0.3 is 9.84 Å². The van der Waals surface area contributed by atoms with Gasteiger partial charge in [-0.05, 0) is 11.1 Å². The summed E-state index contributed by atoms with van der Waals surface area (Å²) in [7, 11) is 0. The van der Waals surface area contributed by atoms with E-state index < -0.39 is 16.9 Å². The highest BCUT2D eigenvalue weighted by Crippen LogP contribution is 2.27. The fourth-order valence-electron chi connectivity index (χ4n) is 1.75. The molecule has 2 aromatic carbocycles. The highest BCUT2D eigenvalue weighted by Gasteiger charge is 2.26. The van der Waals surface area contributed by atoms with Crippen LogP contribution in [0, 0.1) is 0 Å². The summed E-state index contributed by atoms with van der Waals surface area (Å²) in [6, 6.07) is 18.6. The molecule has 2 aromatic rings. The number of esters is 1. The Morgan fingerprint density at radius 1 is 1.05 bits per heavy atom. The Balaban J connectivity index is 1.92. The molecule has 0 saturated carbocycles. The predicted octanol–water partition coefficient (Wildman–Crippen LogP) is 3.23. The van der Waals surface area contributed by atoms with E-state index in [4.69, 9.17) is 4.74 Å². The number of halogens is 1. The van der Waals surface area contributed by atoms with Crippen LogP contribution in [0.3, 0.4) is 0 Å². The Labute approximate surface area is 126 Å². The zero-order valence-corrected chi connectivity index (χ0v) is 12.4. The van der Waals surface area contributed by atoms with E-state index in [0.717, 1.165) is 11.1 Å². The molecule has 2 rings (SSSR count). The molecule has 0 radical (unpaired) electrons. The molecule has 2 unspecified atom stereocenters. The molecule has 2 atom stereocenters. The summed E-state index contributed by atoms with van der Waals surface area (Å²) < 4.78 is 5.11. The first-order valence-corrected chi connectivity index (χ1v) is 7.17. The molecule has 0 heterocycles. The summed E-state index contributed by atoms with van der Waals surface area (Å²) in [5.74, 6) is -0.639. The quantitative estimate of drug-likeness (QED) is 0.674. The molecule has 0 saturated heterocycles. The number of alkyl halides is 1. The van der Waals surface area contributed by atoms with Crippen LogP contribution in [0.5, 0.6) is 0 Å². The Morgan fingerprint density at radius 2 is 1.60 bits per heavy atom. The lowest BCUT2D eigenvalue weighted by Crippen LogP contribution is -2.27. The lowest BCUT2D eigenvalue weighted by Gasteiger charge is -2.16. The normalized spacial score (nSPS) is 13.5. The molecule has 104 valence electrons. The van der Waals surface area contributed by atoms with Crippen LogP contribution in [-0.4, -0.2) is 17.2 Å². The van der Waals surface area contributed by atoms with Gasteiger partial charge in [-0.25, -0.2) is 4.79 Å². The average molecular weight is 335 g/mol. The summed E-state index contributed by atoms with van der Waals surface area (Å²) in [5.41, 5.74) is 1.72. The first-order chi connectivity index (χ1) is 9.68. The van der Waals surface area contributed by atoms with E-state index in [0.29, 0.717) is 0 Å². The summed E-state index contributed by atoms with van der Waals surface area (Å²) in [6.07, 6.45) is -1.24. The molecule has 0 fully saturated rings. The maximum atomic E-state index is 11.8. The first-order valence-electron chi connectivity index (χ1n) is 6.26. The molecule has 0 amide bonds. The van der Waals surface area contributed by atoms with Gasteiger partial charge >= 0.3 is 5.97 Å². The third kappa shape index (κ3) is 3.92. The highest BCUT2D eigenvalue weighted by molar-refractivity contribution is 9.09. The van der Waals surface area contributed by atoms with E-state index in [1.54, 1.807) is 0 Å². The van der Waals surface area contributed by atoms with Gasteiger partial charge in [0.15, 0.2) is 6.10 Å². The number of hydrogen-bond donors (Lipinski definition) is 1. The van der Waals surface area contributed by atoms with Crippen molar-refractivity contribution in [3.8, 4) is 0 Å². The van der Waals surface area contributed by atoms with Gasteiger partial charge in [0.25, 0.3) is 0 Å². The smallest absolute Gasteiger partial charge is 0.336 e. The molecule has 1 N–H and O–H groups in total. The molecule has 4 heteroatoms. The van der Waals surface area contributed by atoms with Crippen LogP contribution in [0.4, 0.5) is 0 Å². The maximum absolute atomic E-state index is 11.8.